The molecule has 1 spiro atoms. The van der Waals surface area contributed by atoms with Crippen molar-refractivity contribution in [2.45, 2.75) is 86.2 Å². The second-order valence-electron chi connectivity index (χ2n) is 12.3. The van der Waals surface area contributed by atoms with Gasteiger partial charge in [0.2, 0.25) is 0 Å². The quantitative estimate of drug-likeness (QED) is 0.471. The zero-order valence-corrected chi connectivity index (χ0v) is 14.6. The van der Waals surface area contributed by atoms with E-state index in [1.54, 1.807) is 6.42 Å². The van der Waals surface area contributed by atoms with Crippen molar-refractivity contribution >= 4 is 18.4 Å². The summed E-state index contributed by atoms with van der Waals surface area (Å²) in [5, 5.41) is 0. The Labute approximate surface area is 121 Å². The van der Waals surface area contributed by atoms with Gasteiger partial charge in [-0.3, -0.25) is 0 Å². The maximum absolute atomic E-state index is 13.4. The Morgan fingerprint density at radius 2 is 1.67 bits per heavy atom. The first-order valence-corrected chi connectivity index (χ1v) is 16.2. The molecule has 10 aliphatic rings. The molecule has 8 unspecified atom stereocenters. The van der Waals surface area contributed by atoms with Crippen LogP contribution in [0.15, 0.2) is 0 Å². The number of hydrogen-bond acceptors (Lipinski definition) is 2. The second-order valence-corrected chi connectivity index (χ2v) is 36.0. The van der Waals surface area contributed by atoms with Crippen molar-refractivity contribution in [3.8, 4) is 0 Å². The van der Waals surface area contributed by atoms with Crippen LogP contribution >= 0.6 is 12.6 Å². The summed E-state index contributed by atoms with van der Waals surface area (Å²) in [5.41, 5.74) is 0. The van der Waals surface area contributed by atoms with E-state index in [2.05, 4.69) is 19.6 Å². The third-order valence-corrected chi connectivity index (χ3v) is 60.8. The van der Waals surface area contributed by atoms with Crippen LogP contribution in [-0.4, -0.2) is 11.5 Å². The standard InChI is InChI=1S/C9H11OS.C9H13.Fe/c10-9(6-3-7-11)8-4-1-2-5-8;1-2-3-6-9-7-4-5-8-9;/h1-2,4-5,11H,3,6-7H2;4-5,7-8H,2-3,6H2,1H3;. The van der Waals surface area contributed by atoms with Crippen LogP contribution in [0.5, 0.6) is 0 Å². The molecule has 116 valence electrons. The van der Waals surface area contributed by atoms with Crippen molar-refractivity contribution in [1.29, 1.82) is 0 Å². The Morgan fingerprint density at radius 1 is 1.05 bits per heavy atom. The minimum atomic E-state index is -3.33. The van der Waals surface area contributed by atoms with Crippen molar-refractivity contribution in [2.75, 3.05) is 5.75 Å². The zero-order valence-electron chi connectivity index (χ0n) is 12.6. The molecule has 0 aromatic carbocycles. The fraction of sp³-hybridized carbons (Fsp3) is 0.944. The fourth-order valence-corrected chi connectivity index (χ4v) is 96.8. The first kappa shape index (κ1) is 9.74. The van der Waals surface area contributed by atoms with Crippen LogP contribution in [0.1, 0.15) is 39.0 Å². The summed E-state index contributed by atoms with van der Waals surface area (Å²) in [6.45, 7) is -0.958. The van der Waals surface area contributed by atoms with E-state index in [1.807, 2.05) is 0 Å². The molecule has 10 rings (SSSR count). The number of Topliss-reactive ketones (excluding diaryl/α,β-unsaturated/α-hetero) is 1. The Balaban J connectivity index is 1.33. The monoisotopic (exact) mass is 344 g/mol. The maximum atomic E-state index is 13.4. The minimum absolute atomic E-state index is 0.491. The summed E-state index contributed by atoms with van der Waals surface area (Å²) in [5.74, 6) is 1.75. The van der Waals surface area contributed by atoms with E-state index in [4.69, 9.17) is 0 Å². The van der Waals surface area contributed by atoms with Crippen molar-refractivity contribution < 1.29 is 11.3 Å². The molecule has 3 heteroatoms. The normalized spacial score (nSPS) is 102. The molecule has 0 radical (unpaired) electrons. The molecule has 0 N–H and O–H groups in total. The van der Waals surface area contributed by atoms with E-state index in [9.17, 15) is 4.79 Å². The topological polar surface area (TPSA) is 17.1 Å². The number of thiol groups is 1. The van der Waals surface area contributed by atoms with Crippen LogP contribution in [-0.2, 0) is 11.3 Å². The number of hydrogen-bond donors (Lipinski definition) is 1. The summed E-state index contributed by atoms with van der Waals surface area (Å²) in [7, 11) is 0. The SMILES string of the molecule is CCCC[C]12[CH]3[CH]4[CH]5[CH]1[Fe]45321678[CH]2[CH]1[CH]6[C]7(C(=O)CCCS)[CH]28. The van der Waals surface area contributed by atoms with Crippen LogP contribution in [0.3, 0.4) is 0 Å². The fourth-order valence-electron chi connectivity index (χ4n) is 19.3. The average Bonchev–Trinajstić information content (AvgIpc) is 3.43. The number of carbonyl (C=O) groups excluding carboxylic acids is 1. The molecular formula is C18H24FeOS. The van der Waals surface area contributed by atoms with Gasteiger partial charge < -0.3 is 0 Å². The number of carbonyl (C=O) groups is 1. The Morgan fingerprint density at radius 3 is 2.14 bits per heavy atom. The van der Waals surface area contributed by atoms with Gasteiger partial charge in [-0.15, -0.1) is 0 Å². The Hall–Kier alpha value is 0.539. The predicted octanol–water partition coefficient (Wildman–Crippen LogP) is 5.59. The van der Waals surface area contributed by atoms with Crippen LogP contribution in [0.2, 0.25) is 47.2 Å². The van der Waals surface area contributed by atoms with E-state index >= 15 is 0 Å². The van der Waals surface area contributed by atoms with Gasteiger partial charge in [0.15, 0.2) is 0 Å². The van der Waals surface area contributed by atoms with Gasteiger partial charge in [-0.1, -0.05) is 0 Å². The van der Waals surface area contributed by atoms with Gasteiger partial charge in [-0.05, 0) is 0 Å². The van der Waals surface area contributed by atoms with E-state index in [-0.39, 0.29) is 0 Å². The molecule has 0 aromatic heterocycles. The molecule has 10 fully saturated rings. The first-order chi connectivity index (χ1) is 9.97. The van der Waals surface area contributed by atoms with Gasteiger partial charge in [0, 0.05) is 0 Å². The van der Waals surface area contributed by atoms with Crippen molar-refractivity contribution in [2.24, 2.45) is 0 Å². The molecule has 21 heavy (non-hydrogen) atoms. The number of ketones is 1. The molecule has 0 amide bonds. The molecule has 10 aliphatic heterocycles. The molecule has 1 nitrogen and oxygen atoms in total. The molecule has 0 aromatic rings. The van der Waals surface area contributed by atoms with Crippen molar-refractivity contribution in [1.82, 2.24) is 0 Å². The number of unbranched alkanes of at least 4 members (excludes halogenated alkanes) is 1. The Bertz CT molecular complexity index is 1100. The predicted molar refractivity (Wildman–Crippen MR) is 83.0 cm³/mol. The van der Waals surface area contributed by atoms with Crippen LogP contribution in [0, 0.1) is 0 Å². The molecule has 8 atom stereocenters. The van der Waals surface area contributed by atoms with E-state index in [0.717, 1.165) is 38.3 Å². The average molecular weight is 344 g/mol. The third-order valence-electron chi connectivity index (χ3n) is 17.0. The van der Waals surface area contributed by atoms with Gasteiger partial charge in [-0.25, -0.2) is 0 Å². The zero-order chi connectivity index (χ0) is 13.8. The summed E-state index contributed by atoms with van der Waals surface area (Å²) < 4.78 is 1.44. The van der Waals surface area contributed by atoms with Gasteiger partial charge in [0.1, 0.15) is 0 Å². The van der Waals surface area contributed by atoms with E-state index in [0.29, 0.717) is 4.31 Å². The molecule has 10 saturated heterocycles. The van der Waals surface area contributed by atoms with Gasteiger partial charge in [0.05, 0.1) is 0 Å². The molecule has 0 saturated carbocycles. The molecular weight excluding hydrogens is 320 g/mol. The van der Waals surface area contributed by atoms with E-state index < -0.39 is 6.51 Å². The molecule has 0 bridgehead atoms. The molecule has 0 aliphatic carbocycles. The number of rotatable bonds is 7. The van der Waals surface area contributed by atoms with Gasteiger partial charge in [-0.2, -0.15) is 0 Å². The summed E-state index contributed by atoms with van der Waals surface area (Å²) in [6, 6.07) is 0. The molecule has 10 heterocycles. The van der Waals surface area contributed by atoms with Crippen molar-refractivity contribution in [3.05, 3.63) is 0 Å². The summed E-state index contributed by atoms with van der Waals surface area (Å²) in [6.07, 6.45) is 6.43. The van der Waals surface area contributed by atoms with Gasteiger partial charge >= 0.3 is 122 Å². The Kier molecular flexibility index (Phi) is 0.444. The summed E-state index contributed by atoms with van der Waals surface area (Å²) >= 11 is 4.37. The van der Waals surface area contributed by atoms with Crippen LogP contribution in [0.25, 0.3) is 0 Å². The number of fused-ring (bicyclic) bond motifs is 10. The van der Waals surface area contributed by atoms with Gasteiger partial charge in [0.25, 0.3) is 0 Å². The third kappa shape index (κ3) is 0.121. The van der Waals surface area contributed by atoms with Crippen LogP contribution < -0.4 is 0 Å². The van der Waals surface area contributed by atoms with Crippen LogP contribution in [0.4, 0.5) is 0 Å². The van der Waals surface area contributed by atoms with Crippen molar-refractivity contribution in [3.63, 3.8) is 0 Å². The van der Waals surface area contributed by atoms with E-state index in [1.165, 1.54) is 41.7 Å². The first-order valence-electron chi connectivity index (χ1n) is 9.33. The summed E-state index contributed by atoms with van der Waals surface area (Å²) in [4.78, 5) is 23.3. The second kappa shape index (κ2) is 0.957.